The summed E-state index contributed by atoms with van der Waals surface area (Å²) >= 11 is 1.65. The van der Waals surface area contributed by atoms with Crippen LogP contribution in [0.25, 0.3) is 0 Å². The Morgan fingerprint density at radius 3 is 2.36 bits per heavy atom. The average molecular weight is 551 g/mol. The van der Waals surface area contributed by atoms with Crippen LogP contribution in [-0.4, -0.2) is 39.9 Å². The van der Waals surface area contributed by atoms with Gasteiger partial charge in [-0.2, -0.15) is 0 Å². The molecule has 1 fully saturated rings. The molecule has 0 spiro atoms. The normalized spacial score (nSPS) is 21.6. The second kappa shape index (κ2) is 13.7. The van der Waals surface area contributed by atoms with Crippen LogP contribution in [0.1, 0.15) is 55.4 Å². The average Bonchev–Trinajstić information content (AvgIpc) is 2.96. The molecule has 2 N–H and O–H groups in total. The van der Waals surface area contributed by atoms with Gasteiger partial charge < -0.3 is 24.6 Å². The number of pyridine rings is 1. The molecule has 206 valence electrons. The van der Waals surface area contributed by atoms with Crippen molar-refractivity contribution in [2.75, 3.05) is 5.75 Å². The van der Waals surface area contributed by atoms with Crippen molar-refractivity contribution in [3.05, 3.63) is 95.2 Å². The molecule has 0 saturated carbocycles. The number of hydrogen-bond donors (Lipinski definition) is 2. The molecular weight excluding hydrogens is 516 g/mol. The lowest BCUT2D eigenvalue weighted by Crippen LogP contribution is -2.38. The van der Waals surface area contributed by atoms with Crippen molar-refractivity contribution in [1.82, 2.24) is 10.3 Å². The number of benzene rings is 2. The zero-order valence-electron chi connectivity index (χ0n) is 22.3. The highest BCUT2D eigenvalue weighted by Crippen LogP contribution is 2.42. The standard InChI is InChI=1S/C30H34N2O6S/c1-19-26(18-39-27-6-4-5-15-31-27)37-30(38-28(19)24-11-9-23(17-33)10-12-24)25-13-7-22(8-14-25)16-32-29(35)20(2)36-21(3)34/h4-15,19-20,26,28,30,33H,16-18H2,1-3H3,(H,32,35)/t19-,20-,26+,28+,30+/m0/s1. The van der Waals surface area contributed by atoms with Crippen molar-refractivity contribution in [3.8, 4) is 0 Å². The summed E-state index contributed by atoms with van der Waals surface area (Å²) in [7, 11) is 0. The Bertz CT molecular complexity index is 1220. The molecule has 1 aliphatic heterocycles. The number of hydrogen-bond acceptors (Lipinski definition) is 8. The van der Waals surface area contributed by atoms with E-state index < -0.39 is 18.4 Å². The van der Waals surface area contributed by atoms with Crippen molar-refractivity contribution >= 4 is 23.6 Å². The van der Waals surface area contributed by atoms with Gasteiger partial charge in [0, 0.05) is 36.9 Å². The highest BCUT2D eigenvalue weighted by atomic mass is 32.2. The largest absolute Gasteiger partial charge is 0.453 e. The Kier molecular flexibility index (Phi) is 10.1. The number of aromatic nitrogens is 1. The number of aliphatic hydroxyl groups is 1. The van der Waals surface area contributed by atoms with Crippen LogP contribution in [0, 0.1) is 5.92 Å². The third-order valence-electron chi connectivity index (χ3n) is 6.59. The van der Waals surface area contributed by atoms with Crippen LogP contribution in [-0.2, 0) is 37.0 Å². The first-order valence-corrected chi connectivity index (χ1v) is 13.9. The second-order valence-electron chi connectivity index (χ2n) is 9.51. The van der Waals surface area contributed by atoms with Gasteiger partial charge in [0.25, 0.3) is 5.91 Å². The zero-order valence-corrected chi connectivity index (χ0v) is 23.1. The Balaban J connectivity index is 1.47. The molecule has 4 rings (SSSR count). The fraction of sp³-hybridized carbons (Fsp3) is 0.367. The topological polar surface area (TPSA) is 107 Å². The molecule has 1 saturated heterocycles. The first-order chi connectivity index (χ1) is 18.8. The minimum Gasteiger partial charge on any atom is -0.453 e. The van der Waals surface area contributed by atoms with E-state index in [4.69, 9.17) is 14.2 Å². The first kappa shape index (κ1) is 28.8. The summed E-state index contributed by atoms with van der Waals surface area (Å²) in [5.41, 5.74) is 3.64. The van der Waals surface area contributed by atoms with Crippen LogP contribution in [0.2, 0.25) is 0 Å². The maximum atomic E-state index is 12.2. The lowest BCUT2D eigenvalue weighted by molar-refractivity contribution is -0.268. The van der Waals surface area contributed by atoms with E-state index in [-0.39, 0.29) is 30.6 Å². The molecule has 39 heavy (non-hydrogen) atoms. The van der Waals surface area contributed by atoms with Crippen LogP contribution < -0.4 is 5.32 Å². The van der Waals surface area contributed by atoms with Crippen LogP contribution in [0.4, 0.5) is 0 Å². The molecule has 3 aromatic rings. The first-order valence-electron chi connectivity index (χ1n) is 12.9. The van der Waals surface area contributed by atoms with Gasteiger partial charge >= 0.3 is 5.97 Å². The van der Waals surface area contributed by atoms with E-state index in [1.165, 1.54) is 13.8 Å². The molecule has 1 aliphatic rings. The highest BCUT2D eigenvalue weighted by molar-refractivity contribution is 7.99. The number of aliphatic hydroxyl groups excluding tert-OH is 1. The van der Waals surface area contributed by atoms with Gasteiger partial charge in [0.1, 0.15) is 0 Å². The second-order valence-corrected chi connectivity index (χ2v) is 10.6. The fourth-order valence-corrected chi connectivity index (χ4v) is 5.37. The molecule has 1 aromatic heterocycles. The van der Waals surface area contributed by atoms with E-state index in [9.17, 15) is 14.7 Å². The number of rotatable bonds is 10. The van der Waals surface area contributed by atoms with E-state index in [1.807, 2.05) is 66.7 Å². The molecule has 2 aromatic carbocycles. The summed E-state index contributed by atoms with van der Waals surface area (Å²) < 4.78 is 17.9. The summed E-state index contributed by atoms with van der Waals surface area (Å²) in [6.07, 6.45) is 0.0571. The lowest BCUT2D eigenvalue weighted by atomic mass is 9.91. The molecule has 1 amide bonds. The smallest absolute Gasteiger partial charge is 0.303 e. The minimum atomic E-state index is -0.850. The van der Waals surface area contributed by atoms with Gasteiger partial charge in [0.2, 0.25) is 0 Å². The summed E-state index contributed by atoms with van der Waals surface area (Å²) in [4.78, 5) is 27.7. The van der Waals surface area contributed by atoms with Gasteiger partial charge in [-0.15, -0.1) is 11.8 Å². The van der Waals surface area contributed by atoms with Gasteiger partial charge in [-0.05, 0) is 35.7 Å². The Hall–Kier alpha value is -3.24. The van der Waals surface area contributed by atoms with E-state index >= 15 is 0 Å². The zero-order chi connectivity index (χ0) is 27.8. The molecule has 8 nitrogen and oxygen atoms in total. The van der Waals surface area contributed by atoms with Crippen molar-refractivity contribution in [1.29, 1.82) is 0 Å². The van der Waals surface area contributed by atoms with Crippen molar-refractivity contribution in [3.63, 3.8) is 0 Å². The van der Waals surface area contributed by atoms with Crippen LogP contribution >= 0.6 is 11.8 Å². The van der Waals surface area contributed by atoms with E-state index in [2.05, 4.69) is 17.2 Å². The summed E-state index contributed by atoms with van der Waals surface area (Å²) in [5.74, 6) is -0.0618. The van der Waals surface area contributed by atoms with Gasteiger partial charge in [-0.1, -0.05) is 61.5 Å². The van der Waals surface area contributed by atoms with Crippen molar-refractivity contribution < 1.29 is 28.9 Å². The Labute approximate surface area is 233 Å². The van der Waals surface area contributed by atoms with Crippen LogP contribution in [0.5, 0.6) is 0 Å². The number of carbonyl (C=O) groups is 2. The molecule has 9 heteroatoms. The third kappa shape index (κ3) is 7.89. The molecule has 0 unspecified atom stereocenters. The molecule has 0 radical (unpaired) electrons. The Morgan fingerprint density at radius 2 is 1.72 bits per heavy atom. The van der Waals surface area contributed by atoms with Crippen molar-refractivity contribution in [2.24, 2.45) is 5.92 Å². The quantitative estimate of drug-likeness (QED) is 0.276. The number of ether oxygens (including phenoxy) is 3. The molecular formula is C30H34N2O6S. The number of carbonyl (C=O) groups excluding carboxylic acids is 2. The fourth-order valence-electron chi connectivity index (χ4n) is 4.34. The lowest BCUT2D eigenvalue weighted by Gasteiger charge is -2.41. The van der Waals surface area contributed by atoms with Crippen LogP contribution in [0.3, 0.4) is 0 Å². The van der Waals surface area contributed by atoms with Gasteiger partial charge in [-0.3, -0.25) is 9.59 Å². The predicted molar refractivity (Wildman–Crippen MR) is 147 cm³/mol. The third-order valence-corrected chi connectivity index (χ3v) is 7.62. The SMILES string of the molecule is CC(=O)O[C@@H](C)C(=O)NCc1ccc([C@@H]2O[C@H](CSc3ccccn3)[C@H](C)[C@H](c3ccc(CO)cc3)O2)cc1. The molecule has 0 aliphatic carbocycles. The summed E-state index contributed by atoms with van der Waals surface area (Å²) in [5, 5.41) is 13.2. The summed E-state index contributed by atoms with van der Waals surface area (Å²) in [6, 6.07) is 21.4. The molecule has 0 bridgehead atoms. The van der Waals surface area contributed by atoms with Crippen molar-refractivity contribution in [2.45, 2.75) is 63.6 Å². The number of amides is 1. The van der Waals surface area contributed by atoms with Gasteiger partial charge in [0.05, 0.1) is 23.8 Å². The van der Waals surface area contributed by atoms with E-state index in [1.54, 1.807) is 18.0 Å². The minimum absolute atomic E-state index is 0.00803. The number of esters is 1. The number of thioether (sulfide) groups is 1. The predicted octanol–water partition coefficient (Wildman–Crippen LogP) is 4.73. The highest BCUT2D eigenvalue weighted by Gasteiger charge is 2.38. The van der Waals surface area contributed by atoms with Gasteiger partial charge in [-0.25, -0.2) is 4.98 Å². The van der Waals surface area contributed by atoms with E-state index in [0.717, 1.165) is 27.3 Å². The number of nitrogens with zero attached hydrogens (tertiary/aromatic N) is 1. The maximum absolute atomic E-state index is 12.2. The maximum Gasteiger partial charge on any atom is 0.303 e. The molecule has 5 atom stereocenters. The monoisotopic (exact) mass is 550 g/mol. The van der Waals surface area contributed by atoms with Gasteiger partial charge in [0.15, 0.2) is 12.4 Å². The molecule has 2 heterocycles. The number of nitrogens with one attached hydrogen (secondary N) is 1. The van der Waals surface area contributed by atoms with Crippen LogP contribution in [0.15, 0.2) is 78.0 Å². The van der Waals surface area contributed by atoms with E-state index in [0.29, 0.717) is 12.3 Å². The Morgan fingerprint density at radius 1 is 1.03 bits per heavy atom. The summed E-state index contributed by atoms with van der Waals surface area (Å²) in [6.45, 7) is 5.24.